The molecule has 17 aromatic rings. The summed E-state index contributed by atoms with van der Waals surface area (Å²) in [5, 5.41) is 19.2. The Labute approximate surface area is 867 Å². The molecule has 1 unspecified atom stereocenters. The number of nitrogens with zero attached hydrogens (tertiary/aromatic N) is 28. The van der Waals surface area contributed by atoms with Crippen LogP contribution in [0, 0.1) is 11.3 Å². The van der Waals surface area contributed by atoms with Crippen molar-refractivity contribution < 1.29 is 38.3 Å². The van der Waals surface area contributed by atoms with Crippen molar-refractivity contribution in [3.05, 3.63) is 269 Å². The van der Waals surface area contributed by atoms with Crippen LogP contribution in [0.4, 0.5) is 29.7 Å². The number of fused-ring (bicyclic) bond motifs is 9. The molecule has 36 heteroatoms. The number of carbonyl (C=O) groups excluding carboxylic acids is 1. The molecule has 6 saturated heterocycles. The Morgan fingerprint density at radius 1 is 0.387 bits per heavy atom. The van der Waals surface area contributed by atoms with E-state index >= 15 is 0 Å². The molecule has 1 amide bonds. The standard InChI is InChI=1S/C26H25N5O.C25H23N5O.C22H27N7O3.C21H23N5O2.C20H18N6O/c1-18(19-7-3-2-4-8-19)31-17-27-24-23(22-12-6-10-20-9-5-11-21(20)22)28-26(29-25(24)31)30-13-15-32-16-14-30;1-2-6-18(7-3-1)16-30-17-26-23-22(21-11-5-9-19-8-4-10-20(19)21)27-25(28-24(23)30)29-12-14-31-15-13-29;1-26-5-7-27(8-6-26)18(31)14-29-15-23-20-19(16-3-2-4-17(30)13-16)24-22(25-21(20)29)28-9-11-32-12-10-28;1-27-11-8-26-14-22-19-18(17-7-3-5-15-4-2-6-16(15)17)23-21(24-20(19)26)25-9-12-28-13-10-25;21-7-8-26-13-22-18-17(16-6-2-4-14-3-1-5-15(14)16)23-20(24-19(18)26)25-9-11-27-12-10-25/h2-8,10-12,17-18H,9,13-16H2,1H3;1-7,9-11,17H,8,12-16H2;2-4,13,15,30H,5-12,14H2,1H3;2-3,5-7,14H,4,8-13H2,1H3;1-2,4-6,13H,3,8-12H2. The molecule has 6 aliphatic heterocycles. The Morgan fingerprint density at radius 3 is 1.16 bits per heavy atom. The van der Waals surface area contributed by atoms with E-state index in [1.54, 1.807) is 47.1 Å². The van der Waals surface area contributed by atoms with Gasteiger partial charge in [-0.2, -0.15) is 30.2 Å². The predicted octanol–water partition coefficient (Wildman–Crippen LogP) is 14.2. The van der Waals surface area contributed by atoms with Gasteiger partial charge in [0.05, 0.1) is 123 Å². The monoisotopic (exact) mass is 2000 g/mol. The number of benzene rings is 7. The van der Waals surface area contributed by atoms with Crippen molar-refractivity contribution in [2.24, 2.45) is 0 Å². The molecule has 0 bridgehead atoms. The first-order chi connectivity index (χ1) is 73.9. The molecule has 150 heavy (non-hydrogen) atoms. The topological polar surface area (TPSA) is 357 Å². The third-order valence-electron chi connectivity index (χ3n) is 28.9. The number of piperazine rings is 1. The lowest BCUT2D eigenvalue weighted by Gasteiger charge is -2.32. The molecule has 0 radical (unpaired) electrons. The van der Waals surface area contributed by atoms with E-state index in [1.807, 2.05) is 46.6 Å². The number of ether oxygens (including phenoxy) is 6. The minimum atomic E-state index is 0.0582. The van der Waals surface area contributed by atoms with Crippen molar-refractivity contribution in [3.8, 4) is 68.1 Å². The number of morpholine rings is 5. The zero-order chi connectivity index (χ0) is 101. The molecule has 1 N–H and O–H groups in total. The maximum absolute atomic E-state index is 13.0. The normalized spacial score (nSPS) is 16.4. The van der Waals surface area contributed by atoms with Gasteiger partial charge < -0.3 is 90.7 Å². The molecule has 0 spiro atoms. The molecule has 6 fully saturated rings. The fraction of sp³-hybridized carbons (Fsp3) is 0.325. The van der Waals surface area contributed by atoms with E-state index in [2.05, 4.69) is 243 Å². The number of amides is 1. The lowest BCUT2D eigenvalue weighted by Crippen LogP contribution is -2.48. The van der Waals surface area contributed by atoms with Gasteiger partial charge in [-0.1, -0.05) is 194 Å². The van der Waals surface area contributed by atoms with Crippen LogP contribution in [0.15, 0.2) is 214 Å². The largest absolute Gasteiger partial charge is 0.508 e. The van der Waals surface area contributed by atoms with Crippen molar-refractivity contribution in [3.63, 3.8) is 0 Å². The van der Waals surface area contributed by atoms with Gasteiger partial charge >= 0.3 is 0 Å². The quantitative estimate of drug-likeness (QED) is 0.0740. The number of allylic oxidation sites excluding steroid dienone is 4. The number of imidazole rings is 5. The van der Waals surface area contributed by atoms with E-state index in [9.17, 15) is 9.90 Å². The molecule has 0 saturated carbocycles. The first-order valence-corrected chi connectivity index (χ1v) is 51.6. The van der Waals surface area contributed by atoms with E-state index in [-0.39, 0.29) is 30.8 Å². The molecule has 10 aliphatic rings. The van der Waals surface area contributed by atoms with Crippen molar-refractivity contribution in [1.82, 2.24) is 107 Å². The molecule has 16 heterocycles. The number of aromatic nitrogens is 20. The number of carbonyl (C=O) groups is 1. The number of methoxy groups -OCH3 is 1. The van der Waals surface area contributed by atoms with Gasteiger partial charge in [-0.3, -0.25) is 4.79 Å². The molecule has 1 atom stereocenters. The summed E-state index contributed by atoms with van der Waals surface area (Å²) in [6.07, 6.45) is 30.3. The predicted molar refractivity (Wildman–Crippen MR) is 579 cm³/mol. The molecule has 7 aromatic carbocycles. The minimum absolute atomic E-state index is 0.0582. The summed E-state index contributed by atoms with van der Waals surface area (Å²) in [5.41, 5.74) is 29.8. The van der Waals surface area contributed by atoms with E-state index in [0.717, 1.165) is 218 Å². The first kappa shape index (κ1) is 97.1. The summed E-state index contributed by atoms with van der Waals surface area (Å²) in [4.78, 5) is 101. The number of phenols is 1. The molecular formula is C114H116N28O8. The highest BCUT2D eigenvalue weighted by molar-refractivity contribution is 5.98. The van der Waals surface area contributed by atoms with Crippen LogP contribution in [0.5, 0.6) is 5.75 Å². The Bertz CT molecular complexity index is 7970. The number of nitriles is 1. The van der Waals surface area contributed by atoms with Crippen LogP contribution < -0.4 is 24.5 Å². The van der Waals surface area contributed by atoms with Crippen LogP contribution >= 0.6 is 0 Å². The van der Waals surface area contributed by atoms with Gasteiger partial charge in [0.1, 0.15) is 74.9 Å². The maximum Gasteiger partial charge on any atom is 0.242 e. The molecule has 4 aliphatic carbocycles. The van der Waals surface area contributed by atoms with Crippen LogP contribution in [0.3, 0.4) is 0 Å². The highest BCUT2D eigenvalue weighted by Crippen LogP contribution is 2.42. The van der Waals surface area contributed by atoms with E-state index < -0.39 is 0 Å². The molecule has 27 rings (SSSR count). The van der Waals surface area contributed by atoms with Gasteiger partial charge in [-0.25, -0.2) is 49.8 Å². The lowest BCUT2D eigenvalue weighted by atomic mass is 10.0. The smallest absolute Gasteiger partial charge is 0.242 e. The van der Waals surface area contributed by atoms with Crippen LogP contribution in [0.1, 0.15) is 68.6 Å². The van der Waals surface area contributed by atoms with E-state index in [1.165, 1.54) is 55.6 Å². The summed E-state index contributed by atoms with van der Waals surface area (Å²) in [7, 11) is 3.77. The van der Waals surface area contributed by atoms with Crippen LogP contribution in [-0.2, 0) is 85.1 Å². The zero-order valence-corrected chi connectivity index (χ0v) is 84.3. The molecule has 10 aromatic heterocycles. The lowest BCUT2D eigenvalue weighted by molar-refractivity contribution is -0.133. The van der Waals surface area contributed by atoms with Crippen molar-refractivity contribution >= 4 is 116 Å². The van der Waals surface area contributed by atoms with Crippen molar-refractivity contribution in [2.75, 3.05) is 203 Å². The average Bonchev–Trinajstić information content (AvgIpc) is 1.62. The number of phenolic OH excluding ortho intramolecular Hbond substituents is 1. The van der Waals surface area contributed by atoms with Gasteiger partial charge in [0.15, 0.2) is 28.2 Å². The third-order valence-corrected chi connectivity index (χ3v) is 28.9. The number of hydrogen-bond donors (Lipinski definition) is 1. The second-order valence-electron chi connectivity index (χ2n) is 38.3. The highest BCUT2D eigenvalue weighted by Gasteiger charge is 2.32. The average molecular weight is 2010 g/mol. The molecular weight excluding hydrogens is 1890 g/mol. The van der Waals surface area contributed by atoms with E-state index in [4.69, 9.17) is 93.5 Å². The van der Waals surface area contributed by atoms with Gasteiger partial charge in [-0.15, -0.1) is 0 Å². The van der Waals surface area contributed by atoms with Crippen LogP contribution in [-0.4, -0.2) is 297 Å². The summed E-state index contributed by atoms with van der Waals surface area (Å²) in [6, 6.07) is 55.8. The van der Waals surface area contributed by atoms with E-state index in [0.29, 0.717) is 127 Å². The second-order valence-corrected chi connectivity index (χ2v) is 38.3. The van der Waals surface area contributed by atoms with Gasteiger partial charge in [-0.05, 0) is 107 Å². The highest BCUT2D eigenvalue weighted by atomic mass is 16.5. The number of rotatable bonds is 20. The first-order valence-electron chi connectivity index (χ1n) is 51.6. The van der Waals surface area contributed by atoms with Crippen molar-refractivity contribution in [1.29, 1.82) is 5.26 Å². The fourth-order valence-corrected chi connectivity index (χ4v) is 20.8. The Hall–Kier alpha value is -16.3. The summed E-state index contributed by atoms with van der Waals surface area (Å²) in [6.45, 7) is 22.2. The number of anilines is 5. The second kappa shape index (κ2) is 44.4. The third kappa shape index (κ3) is 20.5. The van der Waals surface area contributed by atoms with Crippen molar-refractivity contribution in [2.45, 2.75) is 64.8 Å². The molecule has 760 valence electrons. The van der Waals surface area contributed by atoms with Gasteiger partial charge in [0, 0.05) is 133 Å². The fourth-order valence-electron chi connectivity index (χ4n) is 20.8. The summed E-state index contributed by atoms with van der Waals surface area (Å²) in [5.74, 6) is 3.70. The maximum atomic E-state index is 13.0. The summed E-state index contributed by atoms with van der Waals surface area (Å²) < 4.78 is 42.7. The number of likely N-dealkylation sites (N-methyl/N-ethyl adjacent to an activating group) is 1. The number of aromatic hydroxyl groups is 1. The molecule has 36 nitrogen and oxygen atoms in total. The minimum Gasteiger partial charge on any atom is -0.508 e. The number of hydrogen-bond acceptors (Lipinski definition) is 30. The Balaban J connectivity index is 0.000000103. The Morgan fingerprint density at radius 2 is 0.740 bits per heavy atom. The van der Waals surface area contributed by atoms with Crippen LogP contribution in [0.25, 0.3) is 136 Å². The zero-order valence-electron chi connectivity index (χ0n) is 84.3. The van der Waals surface area contributed by atoms with Crippen LogP contribution in [0.2, 0.25) is 0 Å². The van der Waals surface area contributed by atoms with Gasteiger partial charge in [0.25, 0.3) is 0 Å². The Kier molecular flexibility index (Phi) is 28.8. The SMILES string of the molecule is C1=Cc2c(cccc2-c2nc(N3CCOCC3)nc3c2ncn3Cc2ccccc2)C1.CC(c1ccccc1)n1cnc2c(-c3cccc4c3C=CC4)nc(N3CCOCC3)nc21.CN1CCN(C(=O)Cn2cnc3c(-c4cccc(O)c4)nc(N4CCOCC4)nc32)CC1.COCCn1cnc2c(-c3cccc4c3C=CC4)nc(N3CCOCC3)nc21.N#CCn1cnc2c(-c3cccc4c3C=CC4)nc(N3CCOCC3)nc21. The van der Waals surface area contributed by atoms with Gasteiger partial charge in [0.2, 0.25) is 35.6 Å². The summed E-state index contributed by atoms with van der Waals surface area (Å²) >= 11 is 0.